The second-order valence-corrected chi connectivity index (χ2v) is 7.68. The topological polar surface area (TPSA) is 86.7 Å². The second-order valence-electron chi connectivity index (χ2n) is 7.68. The van der Waals surface area contributed by atoms with Crippen LogP contribution < -0.4 is 5.32 Å². The van der Waals surface area contributed by atoms with Crippen LogP contribution in [0.3, 0.4) is 0 Å². The highest BCUT2D eigenvalue weighted by Crippen LogP contribution is 2.39. The van der Waals surface area contributed by atoms with E-state index in [1.165, 1.54) is 0 Å². The standard InChI is InChI=1S/C20H24N2O4/c1-11(22-19(25)14-8-4-5-9-15(14)20(22)26)18(24)21-17-13-7-3-2-6-12(13)10-16(17)23/h2-3,6-7,11,14-17,23H,4-5,8-10H2,1H3,(H,21,24)/t11?,14?,15?,16-,17+/m1/s1. The number of fused-ring (bicyclic) bond motifs is 2. The molecule has 0 spiro atoms. The van der Waals surface area contributed by atoms with Crippen molar-refractivity contribution in [3.63, 3.8) is 0 Å². The zero-order valence-corrected chi connectivity index (χ0v) is 14.9. The van der Waals surface area contributed by atoms with Gasteiger partial charge in [-0.25, -0.2) is 0 Å². The first-order valence-electron chi connectivity index (χ1n) is 9.42. The number of aliphatic hydroxyl groups excluding tert-OH is 1. The van der Waals surface area contributed by atoms with Gasteiger partial charge in [-0.2, -0.15) is 0 Å². The molecule has 3 aliphatic rings. The molecule has 138 valence electrons. The van der Waals surface area contributed by atoms with Gasteiger partial charge in [-0.15, -0.1) is 0 Å². The van der Waals surface area contributed by atoms with Gasteiger partial charge in [0.2, 0.25) is 17.7 Å². The van der Waals surface area contributed by atoms with Crippen molar-refractivity contribution in [1.29, 1.82) is 0 Å². The molecule has 0 bridgehead atoms. The summed E-state index contributed by atoms with van der Waals surface area (Å²) < 4.78 is 0. The van der Waals surface area contributed by atoms with Crippen molar-refractivity contribution in [2.75, 3.05) is 0 Å². The van der Waals surface area contributed by atoms with Crippen LogP contribution in [0, 0.1) is 11.8 Å². The molecule has 1 aromatic carbocycles. The summed E-state index contributed by atoms with van der Waals surface area (Å²) in [7, 11) is 0. The summed E-state index contributed by atoms with van der Waals surface area (Å²) in [4.78, 5) is 39.3. The molecule has 0 aromatic heterocycles. The minimum atomic E-state index is -0.861. The van der Waals surface area contributed by atoms with Gasteiger partial charge in [0.25, 0.3) is 0 Å². The van der Waals surface area contributed by atoms with Crippen molar-refractivity contribution < 1.29 is 19.5 Å². The highest BCUT2D eigenvalue weighted by atomic mass is 16.3. The molecule has 1 saturated carbocycles. The molecule has 6 heteroatoms. The SMILES string of the molecule is CC(C(=O)N[C@H]1c2ccccc2C[C@H]1O)N1C(=O)C2CCCCC2C1=O. The molecular weight excluding hydrogens is 332 g/mol. The van der Waals surface area contributed by atoms with E-state index in [-0.39, 0.29) is 23.7 Å². The first-order valence-corrected chi connectivity index (χ1v) is 9.42. The maximum atomic E-state index is 12.8. The zero-order chi connectivity index (χ0) is 18.4. The molecule has 1 aromatic rings. The number of nitrogens with one attached hydrogen (secondary N) is 1. The van der Waals surface area contributed by atoms with Crippen LogP contribution in [0.4, 0.5) is 0 Å². The fourth-order valence-corrected chi connectivity index (χ4v) is 4.71. The van der Waals surface area contributed by atoms with Crippen LogP contribution in [-0.2, 0) is 20.8 Å². The summed E-state index contributed by atoms with van der Waals surface area (Å²) in [6.07, 6.45) is 3.17. The number of benzene rings is 1. The van der Waals surface area contributed by atoms with E-state index in [4.69, 9.17) is 0 Å². The normalized spacial score (nSPS) is 31.5. The number of aliphatic hydroxyl groups is 1. The van der Waals surface area contributed by atoms with E-state index in [0.29, 0.717) is 6.42 Å². The Hall–Kier alpha value is -2.21. The summed E-state index contributed by atoms with van der Waals surface area (Å²) in [6.45, 7) is 1.59. The average Bonchev–Trinajstić information content (AvgIpc) is 3.09. The molecule has 4 rings (SSSR count). The molecule has 1 heterocycles. The molecule has 6 nitrogen and oxygen atoms in total. The van der Waals surface area contributed by atoms with E-state index in [1.807, 2.05) is 24.3 Å². The molecule has 5 atom stereocenters. The Kier molecular flexibility index (Phi) is 4.31. The highest BCUT2D eigenvalue weighted by Gasteiger charge is 2.51. The van der Waals surface area contributed by atoms with Crippen LogP contribution in [-0.4, -0.2) is 39.9 Å². The largest absolute Gasteiger partial charge is 0.390 e. The Balaban J connectivity index is 1.50. The van der Waals surface area contributed by atoms with Gasteiger partial charge in [0.15, 0.2) is 0 Å². The fraction of sp³-hybridized carbons (Fsp3) is 0.550. The number of likely N-dealkylation sites (tertiary alicyclic amines) is 1. The van der Waals surface area contributed by atoms with E-state index in [1.54, 1.807) is 6.92 Å². The molecule has 0 radical (unpaired) electrons. The van der Waals surface area contributed by atoms with E-state index >= 15 is 0 Å². The van der Waals surface area contributed by atoms with Gasteiger partial charge in [-0.05, 0) is 30.9 Å². The molecule has 3 unspecified atom stereocenters. The molecular formula is C20H24N2O4. The molecule has 2 N–H and O–H groups in total. The number of carbonyl (C=O) groups is 3. The summed E-state index contributed by atoms with van der Waals surface area (Å²) in [5, 5.41) is 13.2. The van der Waals surface area contributed by atoms with E-state index in [0.717, 1.165) is 41.7 Å². The van der Waals surface area contributed by atoms with Crippen molar-refractivity contribution in [3.8, 4) is 0 Å². The highest BCUT2D eigenvalue weighted by molar-refractivity contribution is 6.08. The number of amides is 3. The number of carbonyl (C=O) groups excluding carboxylic acids is 3. The molecule has 1 saturated heterocycles. The van der Waals surface area contributed by atoms with E-state index in [9.17, 15) is 19.5 Å². The predicted octanol–water partition coefficient (Wildman–Crippen LogP) is 1.32. The Morgan fingerprint density at radius 3 is 2.42 bits per heavy atom. The van der Waals surface area contributed by atoms with Gasteiger partial charge < -0.3 is 10.4 Å². The average molecular weight is 356 g/mol. The summed E-state index contributed by atoms with van der Waals surface area (Å²) >= 11 is 0. The predicted molar refractivity (Wildman–Crippen MR) is 93.8 cm³/mol. The number of nitrogens with zero attached hydrogens (tertiary/aromatic N) is 1. The number of rotatable bonds is 3. The summed E-state index contributed by atoms with van der Waals surface area (Å²) in [5.41, 5.74) is 1.91. The first-order chi connectivity index (χ1) is 12.5. The lowest BCUT2D eigenvalue weighted by molar-refractivity contribution is -0.147. The van der Waals surface area contributed by atoms with Gasteiger partial charge in [-0.1, -0.05) is 37.1 Å². The third-order valence-corrected chi connectivity index (χ3v) is 6.14. The quantitative estimate of drug-likeness (QED) is 0.800. The molecule has 2 aliphatic carbocycles. The van der Waals surface area contributed by atoms with Crippen LogP contribution >= 0.6 is 0 Å². The third-order valence-electron chi connectivity index (χ3n) is 6.14. The Morgan fingerprint density at radius 1 is 1.15 bits per heavy atom. The van der Waals surface area contributed by atoms with Crippen LogP contribution in [0.1, 0.15) is 49.8 Å². The van der Waals surface area contributed by atoms with Crippen LogP contribution in [0.5, 0.6) is 0 Å². The lowest BCUT2D eigenvalue weighted by atomic mass is 9.81. The van der Waals surface area contributed by atoms with E-state index in [2.05, 4.69) is 5.32 Å². The van der Waals surface area contributed by atoms with Crippen molar-refractivity contribution in [2.24, 2.45) is 11.8 Å². The van der Waals surface area contributed by atoms with Gasteiger partial charge in [0.05, 0.1) is 24.0 Å². The molecule has 1 aliphatic heterocycles. The lowest BCUT2D eigenvalue weighted by Gasteiger charge is -2.25. The maximum Gasteiger partial charge on any atom is 0.243 e. The van der Waals surface area contributed by atoms with Crippen LogP contribution in [0.25, 0.3) is 0 Å². The molecule has 3 amide bonds. The first kappa shape index (κ1) is 17.2. The van der Waals surface area contributed by atoms with Crippen LogP contribution in [0.15, 0.2) is 24.3 Å². The fourth-order valence-electron chi connectivity index (χ4n) is 4.71. The lowest BCUT2D eigenvalue weighted by Crippen LogP contribution is -2.50. The summed E-state index contributed by atoms with van der Waals surface area (Å²) in [5.74, 6) is -1.34. The van der Waals surface area contributed by atoms with Gasteiger partial charge in [-0.3, -0.25) is 19.3 Å². The number of imide groups is 1. The zero-order valence-electron chi connectivity index (χ0n) is 14.9. The molecule has 2 fully saturated rings. The van der Waals surface area contributed by atoms with Crippen molar-refractivity contribution >= 4 is 17.7 Å². The van der Waals surface area contributed by atoms with Crippen molar-refractivity contribution in [3.05, 3.63) is 35.4 Å². The Labute approximate surface area is 152 Å². The number of hydrogen-bond donors (Lipinski definition) is 2. The van der Waals surface area contributed by atoms with Gasteiger partial charge in [0, 0.05) is 6.42 Å². The second kappa shape index (κ2) is 6.50. The van der Waals surface area contributed by atoms with Crippen LogP contribution in [0.2, 0.25) is 0 Å². The molecule has 26 heavy (non-hydrogen) atoms. The Morgan fingerprint density at radius 2 is 1.77 bits per heavy atom. The Bertz CT molecular complexity index is 738. The van der Waals surface area contributed by atoms with Gasteiger partial charge in [0.1, 0.15) is 6.04 Å². The maximum absolute atomic E-state index is 12.8. The van der Waals surface area contributed by atoms with E-state index < -0.39 is 24.1 Å². The van der Waals surface area contributed by atoms with Gasteiger partial charge >= 0.3 is 0 Å². The number of hydrogen-bond acceptors (Lipinski definition) is 4. The minimum Gasteiger partial charge on any atom is -0.390 e. The monoisotopic (exact) mass is 356 g/mol. The smallest absolute Gasteiger partial charge is 0.243 e. The van der Waals surface area contributed by atoms with Crippen molar-refractivity contribution in [1.82, 2.24) is 10.2 Å². The third kappa shape index (κ3) is 2.63. The summed E-state index contributed by atoms with van der Waals surface area (Å²) in [6, 6.07) is 6.24. The minimum absolute atomic E-state index is 0.213. The van der Waals surface area contributed by atoms with Crippen molar-refractivity contribution in [2.45, 2.75) is 57.2 Å².